The van der Waals surface area contributed by atoms with E-state index in [4.69, 9.17) is 23.8 Å². The third-order valence-electron chi connectivity index (χ3n) is 13.5. The molecule has 10 aromatic carbocycles. The van der Waals surface area contributed by atoms with Crippen LogP contribution in [-0.4, -0.2) is 19.5 Å². The largest absolute Gasteiger partial charge is 0.456 e. The van der Waals surface area contributed by atoms with E-state index in [1.54, 1.807) is 0 Å². The van der Waals surface area contributed by atoms with E-state index < -0.39 is 0 Å². The fourth-order valence-electron chi connectivity index (χ4n) is 10.2. The molecule has 0 aliphatic rings. The predicted octanol–water partition coefficient (Wildman–Crippen LogP) is 16.8. The van der Waals surface area contributed by atoms with Crippen LogP contribution in [0.5, 0.6) is 0 Å². The molecule has 0 radical (unpaired) electrons. The van der Waals surface area contributed by atoms with Crippen molar-refractivity contribution < 1.29 is 8.83 Å². The predicted molar refractivity (Wildman–Crippen MR) is 281 cm³/mol. The average molecular weight is 883 g/mol. The first kappa shape index (κ1) is 38.8. The van der Waals surface area contributed by atoms with Crippen LogP contribution in [0, 0.1) is 0 Å². The van der Waals surface area contributed by atoms with Gasteiger partial charge in [-0.05, 0) is 94.0 Å². The SMILES string of the molecule is c1ccc(-c2ccc(-c3nc(-c4ccccc4)nc(-c4cccc5oc6ccc(-c7ccc8oc9cccc(-n%10c%11ccccc%11c%11cc(-c%12ccccc%12)ccc%11%10)c9c8c7)cc6c45)n3)cc2)cc1. The summed E-state index contributed by atoms with van der Waals surface area (Å²) in [6.45, 7) is 0. The van der Waals surface area contributed by atoms with Gasteiger partial charge in [-0.15, -0.1) is 0 Å². The highest BCUT2D eigenvalue weighted by atomic mass is 16.3. The molecule has 69 heavy (non-hydrogen) atoms. The molecule has 0 bridgehead atoms. The van der Waals surface area contributed by atoms with E-state index in [0.29, 0.717) is 17.5 Å². The van der Waals surface area contributed by atoms with Gasteiger partial charge in [-0.1, -0.05) is 170 Å². The van der Waals surface area contributed by atoms with E-state index in [1.807, 2.05) is 48.5 Å². The number of benzene rings is 10. The van der Waals surface area contributed by atoms with E-state index in [2.05, 4.69) is 187 Å². The Morgan fingerprint density at radius 1 is 0.275 bits per heavy atom. The number of fused-ring (bicyclic) bond motifs is 9. The first-order valence-electron chi connectivity index (χ1n) is 23.2. The fourth-order valence-corrected chi connectivity index (χ4v) is 10.2. The van der Waals surface area contributed by atoms with Crippen LogP contribution < -0.4 is 0 Å². The molecule has 0 spiro atoms. The van der Waals surface area contributed by atoms with Crippen molar-refractivity contribution >= 4 is 65.7 Å². The lowest BCUT2D eigenvalue weighted by atomic mass is 9.99. The first-order chi connectivity index (χ1) is 34.2. The molecule has 0 atom stereocenters. The maximum absolute atomic E-state index is 6.63. The van der Waals surface area contributed by atoms with Gasteiger partial charge in [0.15, 0.2) is 17.5 Å². The summed E-state index contributed by atoms with van der Waals surface area (Å²) in [6.07, 6.45) is 0. The van der Waals surface area contributed by atoms with E-state index in [-0.39, 0.29) is 0 Å². The van der Waals surface area contributed by atoms with Gasteiger partial charge in [-0.2, -0.15) is 0 Å². The van der Waals surface area contributed by atoms with Crippen molar-refractivity contribution in [1.82, 2.24) is 19.5 Å². The Morgan fingerprint density at radius 3 is 1.41 bits per heavy atom. The second-order valence-electron chi connectivity index (χ2n) is 17.5. The highest BCUT2D eigenvalue weighted by molar-refractivity contribution is 6.16. The van der Waals surface area contributed by atoms with Crippen molar-refractivity contribution in [2.45, 2.75) is 0 Å². The molecule has 0 aliphatic carbocycles. The smallest absolute Gasteiger partial charge is 0.164 e. The van der Waals surface area contributed by atoms with Gasteiger partial charge in [0, 0.05) is 43.6 Å². The number of aromatic nitrogens is 4. The Hall–Kier alpha value is -9.39. The van der Waals surface area contributed by atoms with Crippen LogP contribution in [0.25, 0.3) is 139 Å². The van der Waals surface area contributed by atoms with Gasteiger partial charge in [0.05, 0.1) is 22.1 Å². The Morgan fingerprint density at radius 2 is 0.725 bits per heavy atom. The molecular weight excluding hydrogens is 845 g/mol. The highest BCUT2D eigenvalue weighted by Gasteiger charge is 2.21. The maximum Gasteiger partial charge on any atom is 0.164 e. The van der Waals surface area contributed by atoms with Crippen LogP contribution in [0.4, 0.5) is 0 Å². The summed E-state index contributed by atoms with van der Waals surface area (Å²) in [4.78, 5) is 15.4. The van der Waals surface area contributed by atoms with Gasteiger partial charge in [-0.25, -0.2) is 15.0 Å². The number of para-hydroxylation sites is 1. The van der Waals surface area contributed by atoms with Crippen molar-refractivity contribution in [2.75, 3.05) is 0 Å². The van der Waals surface area contributed by atoms with Gasteiger partial charge in [0.25, 0.3) is 0 Å². The zero-order chi connectivity index (χ0) is 45.4. The zero-order valence-electron chi connectivity index (χ0n) is 37.0. The summed E-state index contributed by atoms with van der Waals surface area (Å²) >= 11 is 0. The molecule has 4 aromatic heterocycles. The Kier molecular flexibility index (Phi) is 8.79. The molecule has 0 saturated carbocycles. The number of nitrogens with zero attached hydrogens (tertiary/aromatic N) is 4. The monoisotopic (exact) mass is 882 g/mol. The lowest BCUT2D eigenvalue weighted by Gasteiger charge is -2.10. The van der Waals surface area contributed by atoms with Crippen LogP contribution in [-0.2, 0) is 0 Å². The van der Waals surface area contributed by atoms with E-state index in [1.165, 1.54) is 21.9 Å². The third-order valence-corrected chi connectivity index (χ3v) is 13.5. The van der Waals surface area contributed by atoms with Crippen LogP contribution >= 0.6 is 0 Å². The molecule has 0 unspecified atom stereocenters. The minimum atomic E-state index is 0.574. The molecule has 4 heterocycles. The molecule has 322 valence electrons. The first-order valence-corrected chi connectivity index (χ1v) is 23.2. The molecule has 6 heteroatoms. The zero-order valence-corrected chi connectivity index (χ0v) is 37.0. The van der Waals surface area contributed by atoms with E-state index in [9.17, 15) is 0 Å². The van der Waals surface area contributed by atoms with Crippen LogP contribution in [0.15, 0.2) is 239 Å². The normalized spacial score (nSPS) is 11.8. The van der Waals surface area contributed by atoms with Crippen molar-refractivity contribution in [1.29, 1.82) is 0 Å². The molecule has 0 saturated heterocycles. The molecule has 0 amide bonds. The summed E-state index contributed by atoms with van der Waals surface area (Å²) in [5, 5.41) is 6.45. The number of rotatable bonds is 7. The minimum absolute atomic E-state index is 0.574. The molecule has 0 N–H and O–H groups in total. The molecular formula is C63H38N4O2. The van der Waals surface area contributed by atoms with E-state index in [0.717, 1.165) is 99.5 Å². The molecule has 14 aromatic rings. The topological polar surface area (TPSA) is 69.9 Å². The highest BCUT2D eigenvalue weighted by Crippen LogP contribution is 2.43. The standard InChI is InChI=1S/C63H38N4O2/c1-4-14-39(15-5-1)41-26-28-43(29-27-41)62-64-61(42-18-8-3-9-19-42)65-63(66-62)48-21-12-24-57-59(48)50-37-45(31-34-55(50)68-57)46-32-35-56-51(38-46)60-54(23-13-25-58(60)69-56)67-52-22-11-10-20-47(52)49-36-44(30-33-53(49)67)40-16-6-2-7-17-40/h1-38H. The van der Waals surface area contributed by atoms with Gasteiger partial charge < -0.3 is 13.4 Å². The number of furan rings is 2. The third kappa shape index (κ3) is 6.45. The second kappa shape index (κ2) is 15.6. The summed E-state index contributed by atoms with van der Waals surface area (Å²) in [6, 6.07) is 80.4. The maximum atomic E-state index is 6.63. The van der Waals surface area contributed by atoms with Crippen molar-refractivity contribution in [2.24, 2.45) is 0 Å². The van der Waals surface area contributed by atoms with Crippen molar-refractivity contribution in [3.63, 3.8) is 0 Å². The van der Waals surface area contributed by atoms with Crippen LogP contribution in [0.2, 0.25) is 0 Å². The Bertz CT molecular complexity index is 4290. The van der Waals surface area contributed by atoms with Crippen molar-refractivity contribution in [3.8, 4) is 73.2 Å². The summed E-state index contributed by atoms with van der Waals surface area (Å²) < 4.78 is 15.6. The van der Waals surface area contributed by atoms with Gasteiger partial charge in [0.2, 0.25) is 0 Å². The molecule has 0 fully saturated rings. The Labute approximate surface area is 396 Å². The lowest BCUT2D eigenvalue weighted by Crippen LogP contribution is -2.00. The average Bonchev–Trinajstić information content (AvgIpc) is 4.10. The fraction of sp³-hybridized carbons (Fsp3) is 0. The summed E-state index contributed by atoms with van der Waals surface area (Å²) in [5.41, 5.74) is 16.1. The quantitative estimate of drug-likeness (QED) is 0.159. The number of hydrogen-bond acceptors (Lipinski definition) is 5. The van der Waals surface area contributed by atoms with Gasteiger partial charge in [-0.3, -0.25) is 0 Å². The van der Waals surface area contributed by atoms with E-state index >= 15 is 0 Å². The van der Waals surface area contributed by atoms with Crippen LogP contribution in [0.1, 0.15) is 0 Å². The van der Waals surface area contributed by atoms with Crippen LogP contribution in [0.3, 0.4) is 0 Å². The van der Waals surface area contributed by atoms with Gasteiger partial charge >= 0.3 is 0 Å². The Balaban J connectivity index is 0.910. The van der Waals surface area contributed by atoms with Crippen molar-refractivity contribution in [3.05, 3.63) is 231 Å². The summed E-state index contributed by atoms with van der Waals surface area (Å²) in [5.74, 6) is 1.78. The lowest BCUT2D eigenvalue weighted by molar-refractivity contribution is 0.668. The number of hydrogen-bond donors (Lipinski definition) is 0. The molecule has 6 nitrogen and oxygen atoms in total. The summed E-state index contributed by atoms with van der Waals surface area (Å²) in [7, 11) is 0. The van der Waals surface area contributed by atoms with Gasteiger partial charge in [0.1, 0.15) is 22.3 Å². The minimum Gasteiger partial charge on any atom is -0.456 e. The second-order valence-corrected chi connectivity index (χ2v) is 17.5. The molecule has 14 rings (SSSR count). The molecule has 0 aliphatic heterocycles.